The topological polar surface area (TPSA) is 52.5 Å². The number of hydrogen-bond acceptors (Lipinski definition) is 2. The van der Waals surface area contributed by atoms with E-state index in [1.54, 1.807) is 0 Å². The number of aromatic amines is 1. The highest BCUT2D eigenvalue weighted by atomic mass is 14.7. The molecule has 3 heteroatoms. The third-order valence-electron chi connectivity index (χ3n) is 4.28. The fourth-order valence-electron chi connectivity index (χ4n) is 3.15. The van der Waals surface area contributed by atoms with Gasteiger partial charge in [-0.05, 0) is 41.8 Å². The Bertz CT molecular complexity index is 1070. The zero-order valence-corrected chi connectivity index (χ0v) is 13.2. The van der Waals surface area contributed by atoms with E-state index < -0.39 is 0 Å². The number of aryl methyl sites for hydroxylation is 1. The normalized spacial score (nSPS) is 10.7. The standard InChI is InChI=1S/C21H15N3/c1-14-7-8-16(12-22)21(20(14)15-5-3-2-4-6-15)17-11-19-18(24-13-17)9-10-23-19/h2-11,13,23H,1H3. The Morgan fingerprint density at radius 1 is 0.958 bits per heavy atom. The van der Waals surface area contributed by atoms with Gasteiger partial charge in [-0.25, -0.2) is 0 Å². The summed E-state index contributed by atoms with van der Waals surface area (Å²) >= 11 is 0. The summed E-state index contributed by atoms with van der Waals surface area (Å²) in [7, 11) is 0. The molecule has 0 unspecified atom stereocenters. The number of aromatic nitrogens is 2. The fourth-order valence-corrected chi connectivity index (χ4v) is 3.15. The predicted molar refractivity (Wildman–Crippen MR) is 96.4 cm³/mol. The van der Waals surface area contributed by atoms with Crippen LogP contribution >= 0.6 is 0 Å². The van der Waals surface area contributed by atoms with Gasteiger partial charge in [0.1, 0.15) is 0 Å². The van der Waals surface area contributed by atoms with Crippen LogP contribution in [0.5, 0.6) is 0 Å². The second-order valence-corrected chi connectivity index (χ2v) is 5.79. The molecule has 114 valence electrons. The van der Waals surface area contributed by atoms with Crippen molar-refractivity contribution in [2.45, 2.75) is 6.92 Å². The molecule has 2 heterocycles. The van der Waals surface area contributed by atoms with Crippen molar-refractivity contribution >= 4 is 11.0 Å². The molecule has 0 saturated heterocycles. The monoisotopic (exact) mass is 309 g/mol. The summed E-state index contributed by atoms with van der Waals surface area (Å²) in [5.74, 6) is 0. The lowest BCUT2D eigenvalue weighted by Gasteiger charge is -2.15. The predicted octanol–water partition coefficient (Wildman–Crippen LogP) is 5.08. The van der Waals surface area contributed by atoms with Crippen LogP contribution in [0.4, 0.5) is 0 Å². The average Bonchev–Trinajstić information content (AvgIpc) is 3.09. The van der Waals surface area contributed by atoms with Crippen LogP contribution in [0.3, 0.4) is 0 Å². The van der Waals surface area contributed by atoms with E-state index in [0.717, 1.165) is 38.9 Å². The van der Waals surface area contributed by atoms with Gasteiger partial charge in [-0.2, -0.15) is 5.26 Å². The zero-order valence-electron chi connectivity index (χ0n) is 13.2. The molecule has 1 N–H and O–H groups in total. The number of rotatable bonds is 2. The Morgan fingerprint density at radius 3 is 2.58 bits per heavy atom. The molecular formula is C21H15N3. The van der Waals surface area contributed by atoms with Crippen LogP contribution < -0.4 is 0 Å². The number of fused-ring (bicyclic) bond motifs is 1. The van der Waals surface area contributed by atoms with E-state index in [4.69, 9.17) is 0 Å². The second kappa shape index (κ2) is 5.68. The van der Waals surface area contributed by atoms with Crippen LogP contribution in [-0.2, 0) is 0 Å². The van der Waals surface area contributed by atoms with Gasteiger partial charge in [0.2, 0.25) is 0 Å². The van der Waals surface area contributed by atoms with Crippen LogP contribution in [0.2, 0.25) is 0 Å². The summed E-state index contributed by atoms with van der Waals surface area (Å²) in [6, 6.07) is 20.4. The van der Waals surface area contributed by atoms with E-state index in [1.807, 2.05) is 48.8 Å². The number of nitrogens with zero attached hydrogens (tertiary/aromatic N) is 2. The van der Waals surface area contributed by atoms with Gasteiger partial charge in [0.05, 0.1) is 22.7 Å². The Morgan fingerprint density at radius 2 is 1.79 bits per heavy atom. The van der Waals surface area contributed by atoms with Crippen molar-refractivity contribution in [3.05, 3.63) is 78.1 Å². The highest BCUT2D eigenvalue weighted by molar-refractivity contribution is 5.91. The van der Waals surface area contributed by atoms with Crippen molar-refractivity contribution < 1.29 is 0 Å². The van der Waals surface area contributed by atoms with Gasteiger partial charge in [0.25, 0.3) is 0 Å². The Labute approximate surface area is 140 Å². The first kappa shape index (κ1) is 14.2. The number of hydrogen-bond donors (Lipinski definition) is 1. The van der Waals surface area contributed by atoms with Crippen molar-refractivity contribution in [3.63, 3.8) is 0 Å². The Hall–Kier alpha value is -3.38. The number of pyridine rings is 1. The molecule has 0 aliphatic rings. The number of nitriles is 1. The first-order valence-electron chi connectivity index (χ1n) is 7.80. The molecule has 0 radical (unpaired) electrons. The molecule has 0 bridgehead atoms. The van der Waals surface area contributed by atoms with Gasteiger partial charge < -0.3 is 4.98 Å². The molecule has 4 aromatic rings. The lowest BCUT2D eigenvalue weighted by Crippen LogP contribution is -1.94. The fraction of sp³-hybridized carbons (Fsp3) is 0.0476. The summed E-state index contributed by atoms with van der Waals surface area (Å²) in [5.41, 5.74) is 7.77. The number of nitrogens with one attached hydrogen (secondary N) is 1. The van der Waals surface area contributed by atoms with Crippen molar-refractivity contribution in [1.29, 1.82) is 5.26 Å². The Kier molecular flexibility index (Phi) is 3.36. The van der Waals surface area contributed by atoms with Crippen molar-refractivity contribution in [2.24, 2.45) is 0 Å². The maximum Gasteiger partial charge on any atom is 0.0998 e. The molecule has 2 aromatic heterocycles. The minimum atomic E-state index is 0.659. The summed E-state index contributed by atoms with van der Waals surface area (Å²) in [6.45, 7) is 2.08. The molecule has 0 atom stereocenters. The highest BCUT2D eigenvalue weighted by Gasteiger charge is 2.16. The van der Waals surface area contributed by atoms with Gasteiger partial charge in [-0.15, -0.1) is 0 Å². The lowest BCUT2D eigenvalue weighted by atomic mass is 9.88. The molecule has 0 aliphatic heterocycles. The summed E-state index contributed by atoms with van der Waals surface area (Å²) in [4.78, 5) is 7.71. The Balaban J connectivity index is 2.06. The minimum Gasteiger partial charge on any atom is -0.360 e. The van der Waals surface area contributed by atoms with Crippen molar-refractivity contribution in [2.75, 3.05) is 0 Å². The first-order valence-corrected chi connectivity index (χ1v) is 7.80. The lowest BCUT2D eigenvalue weighted by molar-refractivity contribution is 1.37. The molecule has 0 spiro atoms. The summed E-state index contributed by atoms with van der Waals surface area (Å²) in [6.07, 6.45) is 3.72. The van der Waals surface area contributed by atoms with Crippen molar-refractivity contribution in [3.8, 4) is 28.3 Å². The average molecular weight is 309 g/mol. The third kappa shape index (κ3) is 2.26. The first-order chi connectivity index (χ1) is 11.8. The van der Waals surface area contributed by atoms with Crippen LogP contribution in [0.15, 0.2) is 67.0 Å². The van der Waals surface area contributed by atoms with Gasteiger partial charge in [0, 0.05) is 23.5 Å². The van der Waals surface area contributed by atoms with E-state index in [0.29, 0.717) is 5.56 Å². The molecule has 3 nitrogen and oxygen atoms in total. The molecule has 0 fully saturated rings. The van der Waals surface area contributed by atoms with Crippen LogP contribution in [-0.4, -0.2) is 9.97 Å². The van der Waals surface area contributed by atoms with E-state index in [9.17, 15) is 5.26 Å². The largest absolute Gasteiger partial charge is 0.360 e. The summed E-state index contributed by atoms with van der Waals surface area (Å²) in [5, 5.41) is 9.64. The van der Waals surface area contributed by atoms with E-state index in [2.05, 4.69) is 41.2 Å². The molecule has 4 rings (SSSR count). The SMILES string of the molecule is Cc1ccc(C#N)c(-c2cnc3cc[nH]c3c2)c1-c1ccccc1. The molecule has 0 saturated carbocycles. The molecule has 0 aliphatic carbocycles. The van der Waals surface area contributed by atoms with E-state index in [1.165, 1.54) is 0 Å². The quantitative estimate of drug-likeness (QED) is 0.561. The molecule has 2 aromatic carbocycles. The highest BCUT2D eigenvalue weighted by Crippen LogP contribution is 2.37. The maximum atomic E-state index is 9.64. The van der Waals surface area contributed by atoms with Crippen LogP contribution in [0.1, 0.15) is 11.1 Å². The molecule has 24 heavy (non-hydrogen) atoms. The van der Waals surface area contributed by atoms with Gasteiger partial charge in [0.15, 0.2) is 0 Å². The van der Waals surface area contributed by atoms with Gasteiger partial charge in [-0.3, -0.25) is 4.98 Å². The van der Waals surface area contributed by atoms with Crippen LogP contribution in [0.25, 0.3) is 33.3 Å². The van der Waals surface area contributed by atoms with Gasteiger partial charge >= 0.3 is 0 Å². The third-order valence-corrected chi connectivity index (χ3v) is 4.28. The second-order valence-electron chi connectivity index (χ2n) is 5.79. The minimum absolute atomic E-state index is 0.659. The van der Waals surface area contributed by atoms with E-state index in [-0.39, 0.29) is 0 Å². The molecule has 0 amide bonds. The number of benzene rings is 2. The number of H-pyrrole nitrogens is 1. The zero-order chi connectivity index (χ0) is 16.5. The molecular weight excluding hydrogens is 294 g/mol. The van der Waals surface area contributed by atoms with Crippen molar-refractivity contribution in [1.82, 2.24) is 9.97 Å². The van der Waals surface area contributed by atoms with Crippen LogP contribution in [0, 0.1) is 18.3 Å². The summed E-state index contributed by atoms with van der Waals surface area (Å²) < 4.78 is 0. The van der Waals surface area contributed by atoms with E-state index >= 15 is 0 Å². The maximum absolute atomic E-state index is 9.64. The van der Waals surface area contributed by atoms with Gasteiger partial charge in [-0.1, -0.05) is 36.4 Å². The smallest absolute Gasteiger partial charge is 0.0998 e.